The summed E-state index contributed by atoms with van der Waals surface area (Å²) in [7, 11) is 0. The zero-order valence-electron chi connectivity index (χ0n) is 12.9. The monoisotopic (exact) mass is 376 g/mol. The SMILES string of the molecule is CCSc1cnccc1C(=O)Nc1ccc(C(F)(F)C(F)(F)F)cc1. The molecule has 0 unspecified atom stereocenters. The standard InChI is InChI=1S/C16H13F5N2OS/c1-2-25-13-9-22-8-7-12(13)14(24)23-11-5-3-10(4-6-11)15(17,18)16(19,20)21/h3-9H,2H2,1H3,(H,23,24). The molecule has 25 heavy (non-hydrogen) atoms. The molecule has 9 heteroatoms. The third-order valence-corrected chi connectivity index (χ3v) is 4.12. The second kappa shape index (κ2) is 7.38. The van der Waals surface area contributed by atoms with Crippen molar-refractivity contribution in [1.29, 1.82) is 0 Å². The first-order chi connectivity index (χ1) is 11.7. The van der Waals surface area contributed by atoms with E-state index in [2.05, 4.69) is 10.3 Å². The summed E-state index contributed by atoms with van der Waals surface area (Å²) in [5.41, 5.74) is -0.744. The van der Waals surface area contributed by atoms with Crippen molar-refractivity contribution in [3.63, 3.8) is 0 Å². The number of amides is 1. The van der Waals surface area contributed by atoms with E-state index in [1.165, 1.54) is 30.2 Å². The van der Waals surface area contributed by atoms with E-state index in [9.17, 15) is 26.7 Å². The number of thioether (sulfide) groups is 1. The summed E-state index contributed by atoms with van der Waals surface area (Å²) < 4.78 is 63.5. The topological polar surface area (TPSA) is 42.0 Å². The van der Waals surface area contributed by atoms with Gasteiger partial charge in [-0.05, 0) is 24.0 Å². The van der Waals surface area contributed by atoms with E-state index >= 15 is 0 Å². The zero-order chi connectivity index (χ0) is 18.7. The molecule has 1 amide bonds. The molecule has 1 N–H and O–H groups in total. The summed E-state index contributed by atoms with van der Waals surface area (Å²) in [6.45, 7) is 1.90. The highest BCUT2D eigenvalue weighted by atomic mass is 32.2. The quantitative estimate of drug-likeness (QED) is 0.583. The van der Waals surface area contributed by atoms with Crippen LogP contribution in [-0.4, -0.2) is 22.8 Å². The lowest BCUT2D eigenvalue weighted by molar-refractivity contribution is -0.289. The highest BCUT2D eigenvalue weighted by Crippen LogP contribution is 2.43. The molecule has 0 saturated heterocycles. The Morgan fingerprint density at radius 1 is 1.12 bits per heavy atom. The molecule has 0 fully saturated rings. The van der Waals surface area contributed by atoms with Gasteiger partial charge in [-0.3, -0.25) is 9.78 Å². The number of hydrogen-bond donors (Lipinski definition) is 1. The van der Waals surface area contributed by atoms with Crippen molar-refractivity contribution in [3.8, 4) is 0 Å². The molecular formula is C16H13F5N2OS. The van der Waals surface area contributed by atoms with Gasteiger partial charge < -0.3 is 5.32 Å². The molecule has 2 rings (SSSR count). The van der Waals surface area contributed by atoms with Crippen molar-refractivity contribution in [3.05, 3.63) is 53.9 Å². The molecule has 0 bridgehead atoms. The first kappa shape index (κ1) is 19.2. The highest BCUT2D eigenvalue weighted by Gasteiger charge is 2.58. The van der Waals surface area contributed by atoms with Crippen LogP contribution in [0, 0.1) is 0 Å². The second-order valence-corrected chi connectivity index (χ2v) is 6.21. The number of carbonyl (C=O) groups is 1. The molecule has 3 nitrogen and oxygen atoms in total. The van der Waals surface area contributed by atoms with Crippen LogP contribution in [0.2, 0.25) is 0 Å². The van der Waals surface area contributed by atoms with E-state index in [1.54, 1.807) is 0 Å². The van der Waals surface area contributed by atoms with Crippen molar-refractivity contribution in [2.75, 3.05) is 11.1 Å². The minimum absolute atomic E-state index is 0.107. The Balaban J connectivity index is 2.18. The summed E-state index contributed by atoms with van der Waals surface area (Å²) >= 11 is 1.40. The van der Waals surface area contributed by atoms with Gasteiger partial charge in [-0.15, -0.1) is 11.8 Å². The number of halogens is 5. The Morgan fingerprint density at radius 3 is 2.32 bits per heavy atom. The number of nitrogens with one attached hydrogen (secondary N) is 1. The van der Waals surface area contributed by atoms with Crippen molar-refractivity contribution < 1.29 is 26.7 Å². The summed E-state index contributed by atoms with van der Waals surface area (Å²) in [5, 5.41) is 2.47. The third-order valence-electron chi connectivity index (χ3n) is 3.19. The van der Waals surface area contributed by atoms with Gasteiger partial charge in [-0.2, -0.15) is 22.0 Å². The van der Waals surface area contributed by atoms with Crippen LogP contribution >= 0.6 is 11.8 Å². The second-order valence-electron chi connectivity index (χ2n) is 4.91. The molecule has 0 aliphatic carbocycles. The van der Waals surface area contributed by atoms with Crippen LogP contribution in [0.15, 0.2) is 47.6 Å². The summed E-state index contributed by atoms with van der Waals surface area (Å²) in [6.07, 6.45) is -2.72. The maximum Gasteiger partial charge on any atom is 0.458 e. The predicted octanol–water partition coefficient (Wildman–Crippen LogP) is 5.10. The van der Waals surface area contributed by atoms with Crippen molar-refractivity contribution in [2.24, 2.45) is 0 Å². The van der Waals surface area contributed by atoms with Gasteiger partial charge >= 0.3 is 12.1 Å². The Morgan fingerprint density at radius 2 is 1.76 bits per heavy atom. The lowest BCUT2D eigenvalue weighted by Crippen LogP contribution is -2.33. The number of rotatable bonds is 5. The zero-order valence-corrected chi connectivity index (χ0v) is 13.7. The minimum atomic E-state index is -5.68. The van der Waals surface area contributed by atoms with Gasteiger partial charge in [-0.25, -0.2) is 0 Å². The van der Waals surface area contributed by atoms with Crippen LogP contribution in [0.25, 0.3) is 0 Å². The van der Waals surface area contributed by atoms with E-state index in [0.717, 1.165) is 12.1 Å². The van der Waals surface area contributed by atoms with Gasteiger partial charge in [0.05, 0.1) is 5.56 Å². The molecule has 0 radical (unpaired) electrons. The molecule has 2 aromatic rings. The number of nitrogens with zero attached hydrogens (tertiary/aromatic N) is 1. The van der Waals surface area contributed by atoms with E-state index in [4.69, 9.17) is 0 Å². The van der Waals surface area contributed by atoms with Gasteiger partial charge in [0, 0.05) is 28.5 Å². The Kier molecular flexibility index (Phi) is 5.66. The fourth-order valence-electron chi connectivity index (χ4n) is 1.96. The normalized spacial score (nSPS) is 12.1. The maximum atomic E-state index is 13.2. The van der Waals surface area contributed by atoms with Crippen molar-refractivity contribution >= 4 is 23.4 Å². The molecule has 0 atom stereocenters. The summed E-state index contributed by atoms with van der Waals surface area (Å²) in [5.74, 6) is -4.74. The van der Waals surface area contributed by atoms with Crippen LogP contribution in [-0.2, 0) is 5.92 Å². The summed E-state index contributed by atoms with van der Waals surface area (Å²) in [4.78, 5) is 16.8. The number of pyridine rings is 1. The molecule has 1 heterocycles. The van der Waals surface area contributed by atoms with Gasteiger partial charge in [0.15, 0.2) is 0 Å². The summed E-state index contributed by atoms with van der Waals surface area (Å²) in [6, 6.07) is 4.77. The van der Waals surface area contributed by atoms with E-state index < -0.39 is 23.6 Å². The smallest absolute Gasteiger partial charge is 0.322 e. The van der Waals surface area contributed by atoms with Gasteiger partial charge in [0.2, 0.25) is 0 Å². The molecule has 1 aromatic heterocycles. The average molecular weight is 376 g/mol. The molecule has 0 aliphatic rings. The lowest BCUT2D eigenvalue weighted by atomic mass is 10.1. The Labute approximate surface area is 144 Å². The Hall–Kier alpha value is -2.16. The van der Waals surface area contributed by atoms with Crippen LogP contribution in [0.3, 0.4) is 0 Å². The number of alkyl halides is 5. The molecule has 0 saturated carbocycles. The lowest BCUT2D eigenvalue weighted by Gasteiger charge is -2.20. The van der Waals surface area contributed by atoms with E-state index in [-0.39, 0.29) is 5.69 Å². The number of benzene rings is 1. The van der Waals surface area contributed by atoms with E-state index in [0.29, 0.717) is 28.3 Å². The third kappa shape index (κ3) is 4.28. The molecule has 0 aliphatic heterocycles. The highest BCUT2D eigenvalue weighted by molar-refractivity contribution is 7.99. The molecule has 134 valence electrons. The number of aromatic nitrogens is 1. The maximum absolute atomic E-state index is 13.2. The van der Waals surface area contributed by atoms with Crippen molar-refractivity contribution in [2.45, 2.75) is 23.9 Å². The first-order valence-corrected chi connectivity index (χ1v) is 8.08. The van der Waals surface area contributed by atoms with E-state index in [1.807, 2.05) is 6.92 Å². The number of hydrogen-bond acceptors (Lipinski definition) is 3. The van der Waals surface area contributed by atoms with Gasteiger partial charge in [-0.1, -0.05) is 19.1 Å². The molecule has 0 spiro atoms. The molecular weight excluding hydrogens is 363 g/mol. The van der Waals surface area contributed by atoms with Crippen LogP contribution < -0.4 is 5.32 Å². The molecule has 1 aromatic carbocycles. The predicted molar refractivity (Wildman–Crippen MR) is 85.0 cm³/mol. The number of anilines is 1. The van der Waals surface area contributed by atoms with Crippen molar-refractivity contribution in [1.82, 2.24) is 4.98 Å². The fraction of sp³-hybridized carbons (Fsp3) is 0.250. The Bertz CT molecular complexity index is 747. The van der Waals surface area contributed by atoms with Crippen LogP contribution in [0.5, 0.6) is 0 Å². The minimum Gasteiger partial charge on any atom is -0.322 e. The largest absolute Gasteiger partial charge is 0.458 e. The van der Waals surface area contributed by atoms with Crippen LogP contribution in [0.4, 0.5) is 27.6 Å². The first-order valence-electron chi connectivity index (χ1n) is 7.10. The van der Waals surface area contributed by atoms with Gasteiger partial charge in [0.25, 0.3) is 5.91 Å². The fourth-order valence-corrected chi connectivity index (χ4v) is 2.73. The van der Waals surface area contributed by atoms with Gasteiger partial charge in [0.1, 0.15) is 0 Å². The average Bonchev–Trinajstić information content (AvgIpc) is 2.55. The number of carbonyl (C=O) groups excluding carboxylic acids is 1. The van der Waals surface area contributed by atoms with Crippen LogP contribution in [0.1, 0.15) is 22.8 Å².